The molecule has 110 valence electrons. The third kappa shape index (κ3) is 4.38. The Labute approximate surface area is 115 Å². The average Bonchev–Trinajstić information content (AvgIpc) is 2.38. The van der Waals surface area contributed by atoms with Gasteiger partial charge in [-0.25, -0.2) is 0 Å². The molecule has 0 saturated carbocycles. The summed E-state index contributed by atoms with van der Waals surface area (Å²) in [4.78, 5) is 11.7. The van der Waals surface area contributed by atoms with Crippen molar-refractivity contribution in [2.45, 2.75) is 31.6 Å². The fourth-order valence-electron chi connectivity index (χ4n) is 1.65. The number of nitrogens with one attached hydrogen (secondary N) is 1. The number of nitrogens with two attached hydrogens (primary N) is 1. The molecular weight excluding hydrogens is 269 g/mol. The number of rotatable bonds is 5. The number of carbonyl (C=O) groups is 1. The summed E-state index contributed by atoms with van der Waals surface area (Å²) in [7, 11) is 0. The van der Waals surface area contributed by atoms with Crippen LogP contribution in [0.5, 0.6) is 0 Å². The molecule has 2 atom stereocenters. The Kier molecular flexibility index (Phi) is 5.33. The van der Waals surface area contributed by atoms with Crippen LogP contribution in [0.25, 0.3) is 0 Å². The summed E-state index contributed by atoms with van der Waals surface area (Å²) < 4.78 is 37.3. The average molecular weight is 286 g/mol. The minimum Gasteiger partial charge on any atom is -0.348 e. The minimum absolute atomic E-state index is 0.339. The molecule has 1 amide bonds. The first-order valence-corrected chi connectivity index (χ1v) is 6.09. The lowest BCUT2D eigenvalue weighted by Crippen LogP contribution is -2.41. The summed E-state index contributed by atoms with van der Waals surface area (Å²) in [6.07, 6.45) is -2.49. The molecule has 0 heterocycles. The lowest BCUT2D eigenvalue weighted by atomic mass is 10.1. The van der Waals surface area contributed by atoms with Gasteiger partial charge in [0.1, 0.15) is 0 Å². The molecule has 0 fully saturated rings. The van der Waals surface area contributed by atoms with Gasteiger partial charge in [-0.1, -0.05) is 18.2 Å². The van der Waals surface area contributed by atoms with Crippen LogP contribution < -0.4 is 11.1 Å². The fourth-order valence-corrected chi connectivity index (χ4v) is 1.65. The van der Waals surface area contributed by atoms with Gasteiger partial charge >= 0.3 is 6.18 Å². The Bertz CT molecular complexity index is 468. The molecule has 0 saturated heterocycles. The molecule has 0 aliphatic rings. The van der Waals surface area contributed by atoms with Crippen LogP contribution in [0.4, 0.5) is 13.2 Å². The molecular formula is C14H17F3N2O. The molecule has 3 N–H and O–H groups in total. The summed E-state index contributed by atoms with van der Waals surface area (Å²) in [6, 6.07) is 3.54. The van der Waals surface area contributed by atoms with Crippen molar-refractivity contribution in [3.63, 3.8) is 0 Å². The highest BCUT2D eigenvalue weighted by Crippen LogP contribution is 2.29. The van der Waals surface area contributed by atoms with Crippen LogP contribution in [0, 0.1) is 0 Å². The lowest BCUT2D eigenvalue weighted by molar-refractivity contribution is -0.137. The second kappa shape index (κ2) is 6.56. The molecule has 1 rings (SSSR count). The maximum atomic E-state index is 12.4. The van der Waals surface area contributed by atoms with E-state index >= 15 is 0 Å². The van der Waals surface area contributed by atoms with E-state index in [-0.39, 0.29) is 5.91 Å². The molecule has 2 unspecified atom stereocenters. The molecule has 0 aliphatic heterocycles. The Morgan fingerprint density at radius 2 is 1.95 bits per heavy atom. The van der Waals surface area contributed by atoms with Gasteiger partial charge in [-0.15, -0.1) is 6.58 Å². The number of hydrogen-bond donors (Lipinski definition) is 2. The monoisotopic (exact) mass is 286 g/mol. The van der Waals surface area contributed by atoms with E-state index in [0.29, 0.717) is 12.0 Å². The van der Waals surface area contributed by atoms with Gasteiger partial charge < -0.3 is 11.1 Å². The van der Waals surface area contributed by atoms with Gasteiger partial charge in [0.2, 0.25) is 5.91 Å². The summed E-state index contributed by atoms with van der Waals surface area (Å²) in [5.41, 5.74) is 5.46. The van der Waals surface area contributed by atoms with Crippen LogP contribution in [0.3, 0.4) is 0 Å². The fraction of sp³-hybridized carbons (Fsp3) is 0.357. The molecule has 1 aromatic carbocycles. The predicted octanol–water partition coefficient (Wildman–Crippen LogP) is 2.79. The van der Waals surface area contributed by atoms with Crippen LogP contribution in [-0.4, -0.2) is 11.9 Å². The molecule has 3 nitrogen and oxygen atoms in total. The molecule has 0 aliphatic carbocycles. The highest BCUT2D eigenvalue weighted by molar-refractivity contribution is 5.82. The van der Waals surface area contributed by atoms with Crippen molar-refractivity contribution in [3.05, 3.63) is 48.0 Å². The molecule has 0 aromatic heterocycles. The van der Waals surface area contributed by atoms with Gasteiger partial charge in [-0.2, -0.15) is 13.2 Å². The van der Waals surface area contributed by atoms with Gasteiger partial charge in [0, 0.05) is 0 Å². The number of benzene rings is 1. The molecule has 0 radical (unpaired) electrons. The summed E-state index contributed by atoms with van der Waals surface area (Å²) in [5.74, 6) is -0.364. The Hall–Kier alpha value is -1.82. The van der Waals surface area contributed by atoms with E-state index in [4.69, 9.17) is 5.73 Å². The Morgan fingerprint density at radius 3 is 2.40 bits per heavy atom. The lowest BCUT2D eigenvalue weighted by Gasteiger charge is -2.17. The van der Waals surface area contributed by atoms with Crippen LogP contribution in [-0.2, 0) is 11.0 Å². The van der Waals surface area contributed by atoms with Crippen molar-refractivity contribution in [2.75, 3.05) is 0 Å². The summed E-state index contributed by atoms with van der Waals surface area (Å²) >= 11 is 0. The molecule has 1 aromatic rings. The minimum atomic E-state index is -4.36. The van der Waals surface area contributed by atoms with Crippen LogP contribution >= 0.6 is 0 Å². The SMILES string of the molecule is C=CCC(N)C(=O)NC(C)c1ccc(C(F)(F)F)cc1. The van der Waals surface area contributed by atoms with E-state index in [1.54, 1.807) is 6.92 Å². The zero-order chi connectivity index (χ0) is 15.3. The summed E-state index contributed by atoms with van der Waals surface area (Å²) in [5, 5.41) is 2.65. The van der Waals surface area contributed by atoms with Crippen molar-refractivity contribution in [1.29, 1.82) is 0 Å². The van der Waals surface area contributed by atoms with Crippen LogP contribution in [0.15, 0.2) is 36.9 Å². The third-order valence-corrected chi connectivity index (χ3v) is 2.85. The highest BCUT2D eigenvalue weighted by atomic mass is 19.4. The van der Waals surface area contributed by atoms with Gasteiger partial charge in [-0.3, -0.25) is 4.79 Å². The van der Waals surface area contributed by atoms with Crippen molar-refractivity contribution >= 4 is 5.91 Å². The van der Waals surface area contributed by atoms with Crippen molar-refractivity contribution in [1.82, 2.24) is 5.32 Å². The van der Waals surface area contributed by atoms with Crippen LogP contribution in [0.2, 0.25) is 0 Å². The Balaban J connectivity index is 2.71. The number of amides is 1. The van der Waals surface area contributed by atoms with Crippen molar-refractivity contribution in [3.8, 4) is 0 Å². The van der Waals surface area contributed by atoms with Gasteiger partial charge in [0.25, 0.3) is 0 Å². The van der Waals surface area contributed by atoms with Crippen molar-refractivity contribution < 1.29 is 18.0 Å². The molecule has 0 bridgehead atoms. The normalized spacial score (nSPS) is 14.4. The maximum Gasteiger partial charge on any atom is 0.416 e. The topological polar surface area (TPSA) is 55.1 Å². The zero-order valence-corrected chi connectivity index (χ0v) is 11.1. The maximum absolute atomic E-state index is 12.4. The highest BCUT2D eigenvalue weighted by Gasteiger charge is 2.30. The quantitative estimate of drug-likeness (QED) is 0.818. The van der Waals surface area contributed by atoms with E-state index in [1.165, 1.54) is 18.2 Å². The first-order valence-electron chi connectivity index (χ1n) is 6.09. The number of carbonyl (C=O) groups excluding carboxylic acids is 1. The van der Waals surface area contributed by atoms with E-state index in [1.807, 2.05) is 0 Å². The smallest absolute Gasteiger partial charge is 0.348 e. The largest absolute Gasteiger partial charge is 0.416 e. The molecule has 0 spiro atoms. The summed E-state index contributed by atoms with van der Waals surface area (Å²) in [6.45, 7) is 5.17. The number of hydrogen-bond acceptors (Lipinski definition) is 2. The number of alkyl halides is 3. The zero-order valence-electron chi connectivity index (χ0n) is 11.1. The van der Waals surface area contributed by atoms with Crippen molar-refractivity contribution in [2.24, 2.45) is 5.73 Å². The second-order valence-electron chi connectivity index (χ2n) is 4.48. The van der Waals surface area contributed by atoms with E-state index < -0.39 is 23.8 Å². The molecule has 20 heavy (non-hydrogen) atoms. The first-order chi connectivity index (χ1) is 9.25. The standard InChI is InChI=1S/C14H17F3N2O/c1-3-4-12(18)13(20)19-9(2)10-5-7-11(8-6-10)14(15,16)17/h3,5-9,12H,1,4,18H2,2H3,(H,19,20). The number of halogens is 3. The van der Waals surface area contributed by atoms with Gasteiger partial charge in [-0.05, 0) is 31.0 Å². The van der Waals surface area contributed by atoms with E-state index in [2.05, 4.69) is 11.9 Å². The third-order valence-electron chi connectivity index (χ3n) is 2.85. The van der Waals surface area contributed by atoms with E-state index in [9.17, 15) is 18.0 Å². The Morgan fingerprint density at radius 1 is 1.40 bits per heavy atom. The van der Waals surface area contributed by atoms with Gasteiger partial charge in [0.05, 0.1) is 17.6 Å². The second-order valence-corrected chi connectivity index (χ2v) is 4.48. The predicted molar refractivity (Wildman–Crippen MR) is 70.8 cm³/mol. The van der Waals surface area contributed by atoms with E-state index in [0.717, 1.165) is 12.1 Å². The van der Waals surface area contributed by atoms with Gasteiger partial charge in [0.15, 0.2) is 0 Å². The molecule has 6 heteroatoms. The van der Waals surface area contributed by atoms with Crippen LogP contribution in [0.1, 0.15) is 30.5 Å². The first kappa shape index (κ1) is 16.2.